The number of benzene rings is 3. The first-order chi connectivity index (χ1) is 17.3. The Kier molecular flexibility index (Phi) is 7.61. The number of amides is 2. The zero-order valence-corrected chi connectivity index (χ0v) is 20.4. The van der Waals surface area contributed by atoms with Crippen LogP contribution in [0.5, 0.6) is 5.75 Å². The van der Waals surface area contributed by atoms with E-state index in [1.54, 1.807) is 19.2 Å². The van der Waals surface area contributed by atoms with Crippen LogP contribution in [0.4, 0.5) is 0 Å². The number of aliphatic carboxylic acids is 1. The highest BCUT2D eigenvalue weighted by molar-refractivity contribution is 6.31. The number of carbonyl (C=O) groups excluding carboxylic acids is 3. The minimum Gasteiger partial charge on any atom is -0.496 e. The summed E-state index contributed by atoms with van der Waals surface area (Å²) in [5, 5.41) is 14.7. The number of carboxylic acid groups (broad SMARTS) is 1. The molecule has 0 bridgehead atoms. The van der Waals surface area contributed by atoms with Gasteiger partial charge < -0.3 is 20.1 Å². The number of imide groups is 1. The summed E-state index contributed by atoms with van der Waals surface area (Å²) in [7, 11) is 3.45. The molecule has 0 aromatic heterocycles. The quantitative estimate of drug-likeness (QED) is 0.226. The number of methoxy groups -OCH3 is 1. The van der Waals surface area contributed by atoms with Crippen LogP contribution in [0.25, 0.3) is 21.5 Å². The van der Waals surface area contributed by atoms with E-state index in [0.717, 1.165) is 16.2 Å². The Morgan fingerprint density at radius 2 is 1.81 bits per heavy atom. The van der Waals surface area contributed by atoms with Crippen LogP contribution in [-0.2, 0) is 9.59 Å². The molecule has 9 heteroatoms. The van der Waals surface area contributed by atoms with Gasteiger partial charge in [0.1, 0.15) is 11.5 Å². The Labute approximate surface area is 208 Å². The lowest BCUT2D eigenvalue weighted by atomic mass is 9.89. The van der Waals surface area contributed by atoms with Crippen molar-refractivity contribution in [3.8, 4) is 5.75 Å². The Morgan fingerprint density at radius 3 is 2.56 bits per heavy atom. The molecule has 1 heterocycles. The Bertz CT molecular complexity index is 1350. The van der Waals surface area contributed by atoms with Gasteiger partial charge in [0, 0.05) is 48.9 Å². The maximum absolute atomic E-state index is 13.6. The molecule has 3 aromatic carbocycles. The van der Waals surface area contributed by atoms with Crippen molar-refractivity contribution in [1.29, 1.82) is 0 Å². The molecule has 0 unspecified atom stereocenters. The van der Waals surface area contributed by atoms with Crippen molar-refractivity contribution in [1.82, 2.24) is 15.1 Å². The first-order valence-electron chi connectivity index (χ1n) is 11.8. The summed E-state index contributed by atoms with van der Waals surface area (Å²) < 4.78 is 5.52. The van der Waals surface area contributed by atoms with Gasteiger partial charge >= 0.3 is 5.97 Å². The smallest absolute Gasteiger partial charge is 0.303 e. The van der Waals surface area contributed by atoms with E-state index in [1.165, 1.54) is 4.90 Å². The molecule has 0 fully saturated rings. The van der Waals surface area contributed by atoms with Crippen LogP contribution in [-0.4, -0.2) is 85.4 Å². The number of nitrogens with one attached hydrogen (secondary N) is 1. The van der Waals surface area contributed by atoms with Crippen molar-refractivity contribution in [3.05, 3.63) is 53.6 Å². The van der Waals surface area contributed by atoms with Crippen LogP contribution in [0.3, 0.4) is 0 Å². The van der Waals surface area contributed by atoms with Crippen molar-refractivity contribution in [2.45, 2.75) is 12.8 Å². The average Bonchev–Trinajstić information content (AvgIpc) is 2.87. The fourth-order valence-electron chi connectivity index (χ4n) is 4.52. The molecule has 0 atom stereocenters. The molecular weight excluding hydrogens is 462 g/mol. The normalized spacial score (nSPS) is 13.1. The van der Waals surface area contributed by atoms with E-state index < -0.39 is 5.97 Å². The number of likely N-dealkylation sites (N-methyl/N-ethyl adjacent to an activating group) is 1. The summed E-state index contributed by atoms with van der Waals surface area (Å²) in [6.45, 7) is 1.91. The van der Waals surface area contributed by atoms with Crippen LogP contribution in [0, 0.1) is 0 Å². The van der Waals surface area contributed by atoms with Crippen molar-refractivity contribution >= 4 is 45.1 Å². The molecule has 36 heavy (non-hydrogen) atoms. The first-order valence-corrected chi connectivity index (χ1v) is 11.8. The van der Waals surface area contributed by atoms with Gasteiger partial charge in [0.2, 0.25) is 0 Å². The van der Waals surface area contributed by atoms with E-state index in [0.29, 0.717) is 41.9 Å². The highest BCUT2D eigenvalue weighted by atomic mass is 16.5. The molecule has 0 saturated carbocycles. The molecule has 0 saturated heterocycles. The van der Waals surface area contributed by atoms with Gasteiger partial charge in [0.05, 0.1) is 25.6 Å². The second-order valence-electron chi connectivity index (χ2n) is 8.89. The number of fused-ring (bicyclic) bond motifs is 2. The Balaban J connectivity index is 1.46. The average molecular weight is 492 g/mol. The number of Topliss-reactive ketones (excluding diaryl/α,β-unsaturated/α-hetero) is 1. The number of ketones is 1. The minimum absolute atomic E-state index is 0.00609. The van der Waals surface area contributed by atoms with E-state index in [9.17, 15) is 19.2 Å². The number of hydrogen-bond acceptors (Lipinski definition) is 7. The van der Waals surface area contributed by atoms with Gasteiger partial charge in [-0.15, -0.1) is 0 Å². The lowest BCUT2D eigenvalue weighted by Gasteiger charge is -2.30. The molecule has 9 nitrogen and oxygen atoms in total. The Hall–Kier alpha value is -3.82. The first kappa shape index (κ1) is 25.3. The van der Waals surface area contributed by atoms with E-state index in [4.69, 9.17) is 9.84 Å². The van der Waals surface area contributed by atoms with Gasteiger partial charge in [0.25, 0.3) is 11.8 Å². The summed E-state index contributed by atoms with van der Waals surface area (Å²) in [6, 6.07) is 13.1. The van der Waals surface area contributed by atoms with Crippen LogP contribution >= 0.6 is 0 Å². The monoisotopic (exact) mass is 491 g/mol. The molecule has 2 N–H and O–H groups in total. The molecule has 1 aliphatic rings. The van der Waals surface area contributed by atoms with Crippen LogP contribution in [0.2, 0.25) is 0 Å². The Morgan fingerprint density at radius 1 is 1.03 bits per heavy atom. The lowest BCUT2D eigenvalue weighted by molar-refractivity contribution is -0.138. The molecule has 0 spiro atoms. The van der Waals surface area contributed by atoms with E-state index in [1.807, 2.05) is 42.3 Å². The third kappa shape index (κ3) is 5.07. The lowest BCUT2D eigenvalue weighted by Crippen LogP contribution is -2.45. The molecule has 0 radical (unpaired) electrons. The number of ether oxygens (including phenoxy) is 1. The third-order valence-corrected chi connectivity index (χ3v) is 6.46. The highest BCUT2D eigenvalue weighted by Crippen LogP contribution is 2.39. The predicted molar refractivity (Wildman–Crippen MR) is 136 cm³/mol. The minimum atomic E-state index is -0.990. The standard InChI is InChI=1S/C27H29N3O6/c1-29(12-11-28-16-18(31)7-10-23(32)33)13-14-30-26(34)20-8-9-22(36-2)21-15-17-5-3-4-6-19(17)25(24(20)21)27(30)35/h3-6,8-9,15,28H,7,10-14,16H2,1-2H3,(H,32,33). The van der Waals surface area contributed by atoms with E-state index in [2.05, 4.69) is 5.32 Å². The molecule has 1 aliphatic heterocycles. The fourth-order valence-corrected chi connectivity index (χ4v) is 4.52. The van der Waals surface area contributed by atoms with Crippen LogP contribution < -0.4 is 10.1 Å². The molecule has 188 valence electrons. The number of carbonyl (C=O) groups is 4. The van der Waals surface area contributed by atoms with Crippen molar-refractivity contribution < 1.29 is 29.0 Å². The molecule has 2 amide bonds. The summed E-state index contributed by atoms with van der Waals surface area (Å²) in [4.78, 5) is 52.5. The number of carboxylic acids is 1. The highest BCUT2D eigenvalue weighted by Gasteiger charge is 2.35. The van der Waals surface area contributed by atoms with Crippen LogP contribution in [0.15, 0.2) is 42.5 Å². The SMILES string of the molecule is COc1ccc2c3c(c4ccccc4cc13)C(=O)N(CCN(C)CCNCC(=O)CCC(=O)O)C2=O. The summed E-state index contributed by atoms with van der Waals surface area (Å²) in [5.74, 6) is -1.18. The predicted octanol–water partition coefficient (Wildman–Crippen LogP) is 2.55. The van der Waals surface area contributed by atoms with Crippen molar-refractivity contribution in [2.75, 3.05) is 46.9 Å². The molecule has 0 aliphatic carbocycles. The van der Waals surface area contributed by atoms with E-state index in [-0.39, 0.29) is 43.5 Å². The van der Waals surface area contributed by atoms with Crippen LogP contribution in [0.1, 0.15) is 33.6 Å². The topological polar surface area (TPSA) is 116 Å². The van der Waals surface area contributed by atoms with Gasteiger partial charge in [-0.25, -0.2) is 0 Å². The maximum atomic E-state index is 13.6. The molecule has 3 aromatic rings. The summed E-state index contributed by atoms with van der Waals surface area (Å²) >= 11 is 0. The largest absolute Gasteiger partial charge is 0.496 e. The number of nitrogens with zero attached hydrogens (tertiary/aromatic N) is 2. The maximum Gasteiger partial charge on any atom is 0.303 e. The molecular formula is C27H29N3O6. The number of hydrogen-bond donors (Lipinski definition) is 2. The van der Waals surface area contributed by atoms with Crippen molar-refractivity contribution in [2.24, 2.45) is 0 Å². The van der Waals surface area contributed by atoms with E-state index >= 15 is 0 Å². The van der Waals surface area contributed by atoms with Gasteiger partial charge in [-0.3, -0.25) is 24.1 Å². The third-order valence-electron chi connectivity index (χ3n) is 6.46. The summed E-state index contributed by atoms with van der Waals surface area (Å²) in [5.41, 5.74) is 0.996. The van der Waals surface area contributed by atoms with Gasteiger partial charge in [-0.2, -0.15) is 0 Å². The van der Waals surface area contributed by atoms with Gasteiger partial charge in [0.15, 0.2) is 0 Å². The molecule has 4 rings (SSSR count). The summed E-state index contributed by atoms with van der Waals surface area (Å²) in [6.07, 6.45) is -0.163. The van der Waals surface area contributed by atoms with Gasteiger partial charge in [-0.1, -0.05) is 24.3 Å². The second kappa shape index (κ2) is 10.8. The second-order valence-corrected chi connectivity index (χ2v) is 8.89. The zero-order chi connectivity index (χ0) is 25.8. The van der Waals surface area contributed by atoms with Gasteiger partial charge in [-0.05, 0) is 36.0 Å². The zero-order valence-electron chi connectivity index (χ0n) is 20.4. The van der Waals surface area contributed by atoms with Crippen molar-refractivity contribution in [3.63, 3.8) is 0 Å². The number of rotatable bonds is 12. The fraction of sp³-hybridized carbons (Fsp3) is 0.333.